The van der Waals surface area contributed by atoms with Gasteiger partial charge in [0.1, 0.15) is 0 Å². The Morgan fingerprint density at radius 2 is 2.16 bits per heavy atom. The highest BCUT2D eigenvalue weighted by Crippen LogP contribution is 2.25. The molecule has 1 aliphatic rings. The van der Waals surface area contributed by atoms with Gasteiger partial charge in [-0.3, -0.25) is 4.79 Å². The summed E-state index contributed by atoms with van der Waals surface area (Å²) in [5, 5.41) is 0. The highest BCUT2D eigenvalue weighted by atomic mass is 16.5. The molecule has 4 nitrogen and oxygen atoms in total. The molecular formula is C15H17NO3. The Morgan fingerprint density at radius 3 is 2.68 bits per heavy atom. The monoisotopic (exact) mass is 259 g/mol. The third-order valence-corrected chi connectivity index (χ3v) is 3.18. The van der Waals surface area contributed by atoms with Crippen LogP contribution < -0.4 is 4.90 Å². The molecule has 2 rings (SSSR count). The number of carbonyl (C=O) groups is 2. The Bertz CT molecular complexity index is 493. The average molecular weight is 259 g/mol. The van der Waals surface area contributed by atoms with Crippen LogP contribution in [0.25, 0.3) is 0 Å². The smallest absolute Gasteiger partial charge is 0.338 e. The number of anilines is 1. The molecule has 0 spiro atoms. The van der Waals surface area contributed by atoms with Gasteiger partial charge in [0.05, 0.1) is 12.2 Å². The van der Waals surface area contributed by atoms with Gasteiger partial charge in [-0.25, -0.2) is 4.79 Å². The third kappa shape index (κ3) is 2.84. The molecule has 19 heavy (non-hydrogen) atoms. The van der Waals surface area contributed by atoms with Crippen molar-refractivity contribution in [1.82, 2.24) is 0 Å². The van der Waals surface area contributed by atoms with E-state index in [1.54, 1.807) is 36.1 Å². The number of hydrogen-bond donors (Lipinski definition) is 0. The van der Waals surface area contributed by atoms with Crippen molar-refractivity contribution < 1.29 is 14.3 Å². The fraction of sp³-hybridized carbons (Fsp3) is 0.333. The normalized spacial score (nSPS) is 18.5. The number of amides is 1. The van der Waals surface area contributed by atoms with Gasteiger partial charge in [0.25, 0.3) is 0 Å². The van der Waals surface area contributed by atoms with E-state index in [9.17, 15) is 9.59 Å². The minimum atomic E-state index is -0.342. The van der Waals surface area contributed by atoms with Crippen molar-refractivity contribution in [2.75, 3.05) is 18.1 Å². The number of rotatable bonds is 4. The van der Waals surface area contributed by atoms with Crippen LogP contribution in [0, 0.1) is 5.92 Å². The molecule has 0 aliphatic carbocycles. The Balaban J connectivity index is 2.12. The average Bonchev–Trinajstić information content (AvgIpc) is 2.80. The lowest BCUT2D eigenvalue weighted by Gasteiger charge is -2.16. The van der Waals surface area contributed by atoms with Gasteiger partial charge in [-0.05, 0) is 31.2 Å². The maximum atomic E-state index is 11.9. The summed E-state index contributed by atoms with van der Waals surface area (Å²) in [6, 6.07) is 6.91. The van der Waals surface area contributed by atoms with E-state index < -0.39 is 0 Å². The summed E-state index contributed by atoms with van der Waals surface area (Å²) < 4.78 is 4.92. The van der Waals surface area contributed by atoms with Crippen molar-refractivity contribution >= 4 is 17.6 Å². The van der Waals surface area contributed by atoms with Gasteiger partial charge >= 0.3 is 5.97 Å². The van der Waals surface area contributed by atoms with E-state index in [0.717, 1.165) is 5.69 Å². The van der Waals surface area contributed by atoms with Gasteiger partial charge in [0, 0.05) is 24.6 Å². The molecule has 0 radical (unpaired) electrons. The number of benzene rings is 1. The number of carbonyl (C=O) groups excluding carboxylic acids is 2. The van der Waals surface area contributed by atoms with E-state index in [-0.39, 0.29) is 17.8 Å². The van der Waals surface area contributed by atoms with E-state index in [1.165, 1.54) is 0 Å². The van der Waals surface area contributed by atoms with Crippen molar-refractivity contribution in [3.8, 4) is 0 Å². The summed E-state index contributed by atoms with van der Waals surface area (Å²) in [6.07, 6.45) is 2.31. The van der Waals surface area contributed by atoms with Gasteiger partial charge in [0.15, 0.2) is 0 Å². The molecule has 0 N–H and O–H groups in total. The number of hydrogen-bond acceptors (Lipinski definition) is 3. The van der Waals surface area contributed by atoms with Crippen molar-refractivity contribution in [2.45, 2.75) is 13.3 Å². The van der Waals surface area contributed by atoms with Gasteiger partial charge in [-0.2, -0.15) is 0 Å². The minimum absolute atomic E-state index is 0.0915. The fourth-order valence-electron chi connectivity index (χ4n) is 2.13. The number of esters is 1. The van der Waals surface area contributed by atoms with Crippen LogP contribution in [0.5, 0.6) is 0 Å². The van der Waals surface area contributed by atoms with E-state index in [1.807, 2.05) is 6.08 Å². The van der Waals surface area contributed by atoms with Crippen LogP contribution in [0.4, 0.5) is 5.69 Å². The van der Waals surface area contributed by atoms with Crippen molar-refractivity contribution in [1.29, 1.82) is 0 Å². The van der Waals surface area contributed by atoms with E-state index in [0.29, 0.717) is 25.1 Å². The summed E-state index contributed by atoms with van der Waals surface area (Å²) in [5.74, 6) is -0.0446. The molecule has 0 saturated carbocycles. The van der Waals surface area contributed by atoms with Crippen LogP contribution in [-0.4, -0.2) is 25.0 Å². The molecule has 1 heterocycles. The molecule has 0 aromatic heterocycles. The van der Waals surface area contributed by atoms with Crippen molar-refractivity contribution in [3.63, 3.8) is 0 Å². The molecule has 0 bridgehead atoms. The summed E-state index contributed by atoms with van der Waals surface area (Å²) in [7, 11) is 0. The highest BCUT2D eigenvalue weighted by Gasteiger charge is 2.28. The highest BCUT2D eigenvalue weighted by molar-refractivity contribution is 5.96. The molecule has 4 heteroatoms. The molecule has 1 aromatic carbocycles. The summed E-state index contributed by atoms with van der Waals surface area (Å²) in [4.78, 5) is 25.1. The predicted octanol–water partition coefficient (Wildman–Crippen LogP) is 2.40. The molecule has 1 aliphatic heterocycles. The molecule has 100 valence electrons. The maximum Gasteiger partial charge on any atom is 0.338 e. The second-order valence-corrected chi connectivity index (χ2v) is 4.47. The molecule has 1 fully saturated rings. The van der Waals surface area contributed by atoms with Crippen LogP contribution in [-0.2, 0) is 9.53 Å². The van der Waals surface area contributed by atoms with E-state index >= 15 is 0 Å². The zero-order valence-corrected chi connectivity index (χ0v) is 11.0. The van der Waals surface area contributed by atoms with Crippen LogP contribution in [0.3, 0.4) is 0 Å². The molecule has 1 atom stereocenters. The Hall–Kier alpha value is -2.10. The van der Waals surface area contributed by atoms with Crippen LogP contribution in [0.15, 0.2) is 36.9 Å². The first-order valence-corrected chi connectivity index (χ1v) is 6.35. The summed E-state index contributed by atoms with van der Waals surface area (Å²) >= 11 is 0. The van der Waals surface area contributed by atoms with Gasteiger partial charge in [0.2, 0.25) is 5.91 Å². The molecular weight excluding hydrogens is 242 g/mol. The lowest BCUT2D eigenvalue weighted by Crippen LogP contribution is -2.24. The number of nitrogens with zero attached hydrogens (tertiary/aromatic N) is 1. The fourth-order valence-corrected chi connectivity index (χ4v) is 2.13. The van der Waals surface area contributed by atoms with Crippen molar-refractivity contribution in [3.05, 3.63) is 42.5 Å². The molecule has 1 amide bonds. The maximum absolute atomic E-state index is 11.9. The summed E-state index contributed by atoms with van der Waals surface area (Å²) in [5.41, 5.74) is 1.31. The Morgan fingerprint density at radius 1 is 1.47 bits per heavy atom. The van der Waals surface area contributed by atoms with Gasteiger partial charge in [-0.1, -0.05) is 6.08 Å². The zero-order chi connectivity index (χ0) is 13.8. The Labute approximate surface area is 112 Å². The van der Waals surface area contributed by atoms with Crippen molar-refractivity contribution in [2.24, 2.45) is 5.92 Å². The van der Waals surface area contributed by atoms with Crippen LogP contribution in [0.2, 0.25) is 0 Å². The largest absolute Gasteiger partial charge is 0.462 e. The van der Waals surface area contributed by atoms with Gasteiger partial charge < -0.3 is 9.64 Å². The molecule has 1 unspecified atom stereocenters. The number of ether oxygens (including phenoxy) is 1. The molecule has 1 aromatic rings. The minimum Gasteiger partial charge on any atom is -0.462 e. The molecule has 1 saturated heterocycles. The quantitative estimate of drug-likeness (QED) is 0.616. The first kappa shape index (κ1) is 13.3. The topological polar surface area (TPSA) is 46.6 Å². The van der Waals surface area contributed by atoms with Crippen LogP contribution in [0.1, 0.15) is 23.7 Å². The summed E-state index contributed by atoms with van der Waals surface area (Å²) in [6.45, 7) is 6.50. The standard InChI is InChI=1S/C15H17NO3/c1-3-11-9-14(17)16(10-11)13-7-5-12(6-8-13)15(18)19-4-2/h3,5-8,11H,1,4,9-10H2,2H3. The first-order valence-electron chi connectivity index (χ1n) is 6.35. The SMILES string of the molecule is C=CC1CC(=O)N(c2ccc(C(=O)OCC)cc2)C1. The third-order valence-electron chi connectivity index (χ3n) is 3.18. The van der Waals surface area contributed by atoms with E-state index in [4.69, 9.17) is 4.74 Å². The second kappa shape index (κ2) is 5.69. The zero-order valence-electron chi connectivity index (χ0n) is 11.0. The van der Waals surface area contributed by atoms with E-state index in [2.05, 4.69) is 6.58 Å². The first-order chi connectivity index (χ1) is 9.15. The second-order valence-electron chi connectivity index (χ2n) is 4.47. The lowest BCUT2D eigenvalue weighted by atomic mass is 10.1. The lowest BCUT2D eigenvalue weighted by molar-refractivity contribution is -0.117. The Kier molecular flexibility index (Phi) is 4.00. The van der Waals surface area contributed by atoms with Crippen LogP contribution >= 0.6 is 0 Å². The predicted molar refractivity (Wildman–Crippen MR) is 73.1 cm³/mol. The van der Waals surface area contributed by atoms with Gasteiger partial charge in [-0.15, -0.1) is 6.58 Å².